The molecule has 168 valence electrons. The Morgan fingerprint density at radius 1 is 1.30 bits per heavy atom. The van der Waals surface area contributed by atoms with Crippen LogP contribution in [-0.2, 0) is 9.53 Å². The zero-order valence-electron chi connectivity index (χ0n) is 19.1. The number of unbranched alkanes of at least 4 members (excludes halogenated alkanes) is 1. The Balaban J connectivity index is 1.80. The number of carbonyl (C=O) groups excluding carboxylic acids is 1. The molecule has 4 heteroatoms. The molecule has 2 saturated carbocycles. The van der Waals surface area contributed by atoms with Crippen molar-refractivity contribution in [3.8, 4) is 11.8 Å². The van der Waals surface area contributed by atoms with E-state index >= 15 is 0 Å². The second-order valence-electron chi connectivity index (χ2n) is 9.53. The van der Waals surface area contributed by atoms with Gasteiger partial charge in [0.25, 0.3) is 0 Å². The Morgan fingerprint density at radius 2 is 2.07 bits per heavy atom. The molecule has 6 atom stereocenters. The lowest BCUT2D eigenvalue weighted by molar-refractivity contribution is -0.144. The summed E-state index contributed by atoms with van der Waals surface area (Å²) in [6.07, 6.45) is 11.2. The van der Waals surface area contributed by atoms with Gasteiger partial charge in [-0.15, -0.1) is 11.8 Å². The minimum atomic E-state index is -0.524. The summed E-state index contributed by atoms with van der Waals surface area (Å²) >= 11 is 0. The van der Waals surface area contributed by atoms with Crippen LogP contribution in [-0.4, -0.2) is 35.0 Å². The molecule has 0 spiro atoms. The Bertz CT molecular complexity index is 666. The molecule has 2 fully saturated rings. The number of fused-ring (bicyclic) bond motifs is 1. The highest BCUT2D eigenvalue weighted by atomic mass is 16.5. The predicted octanol–water partition coefficient (Wildman–Crippen LogP) is 4.66. The van der Waals surface area contributed by atoms with E-state index in [1.54, 1.807) is 0 Å². The SMILES string of the molecule is CC#CCC(C)[C@H](O)/C=C/[C@@H]1[C@H]2C/C(=C\CCCC(=O)OCC(C)C)C[C@H]2C[C@H]1O. The molecule has 30 heavy (non-hydrogen) atoms. The summed E-state index contributed by atoms with van der Waals surface area (Å²) in [4.78, 5) is 11.7. The van der Waals surface area contributed by atoms with E-state index in [-0.39, 0.29) is 23.9 Å². The van der Waals surface area contributed by atoms with Crippen LogP contribution in [0.1, 0.15) is 72.6 Å². The molecule has 2 N–H and O–H groups in total. The second kappa shape index (κ2) is 12.3. The maximum atomic E-state index is 11.7. The number of hydrogen-bond acceptors (Lipinski definition) is 4. The van der Waals surface area contributed by atoms with Crippen molar-refractivity contribution in [1.82, 2.24) is 0 Å². The quantitative estimate of drug-likeness (QED) is 0.235. The predicted molar refractivity (Wildman–Crippen MR) is 120 cm³/mol. The summed E-state index contributed by atoms with van der Waals surface area (Å²) < 4.78 is 5.22. The van der Waals surface area contributed by atoms with Crippen LogP contribution in [0.15, 0.2) is 23.8 Å². The summed E-state index contributed by atoms with van der Waals surface area (Å²) in [5, 5.41) is 20.9. The Labute approximate surface area is 182 Å². The van der Waals surface area contributed by atoms with Gasteiger partial charge in [0.05, 0.1) is 18.8 Å². The molecule has 2 aliphatic rings. The molecular weight excluding hydrogens is 376 g/mol. The average Bonchev–Trinajstić information content (AvgIpc) is 3.22. The number of aliphatic hydroxyl groups excluding tert-OH is 2. The highest BCUT2D eigenvalue weighted by Crippen LogP contribution is 2.50. The van der Waals surface area contributed by atoms with Crippen molar-refractivity contribution >= 4 is 5.97 Å². The Kier molecular flexibility index (Phi) is 10.1. The molecule has 0 aromatic rings. The first-order valence-corrected chi connectivity index (χ1v) is 11.6. The number of hydrogen-bond donors (Lipinski definition) is 2. The van der Waals surface area contributed by atoms with Crippen LogP contribution in [0.4, 0.5) is 0 Å². The van der Waals surface area contributed by atoms with Crippen LogP contribution >= 0.6 is 0 Å². The zero-order valence-corrected chi connectivity index (χ0v) is 19.1. The average molecular weight is 417 g/mol. The van der Waals surface area contributed by atoms with Crippen molar-refractivity contribution in [2.24, 2.45) is 29.6 Å². The molecule has 0 saturated heterocycles. The van der Waals surface area contributed by atoms with Gasteiger partial charge in [-0.25, -0.2) is 0 Å². The molecular formula is C26H40O4. The summed E-state index contributed by atoms with van der Waals surface area (Å²) in [6.45, 7) is 8.39. The van der Waals surface area contributed by atoms with Gasteiger partial charge in [-0.3, -0.25) is 4.79 Å². The van der Waals surface area contributed by atoms with E-state index in [1.807, 2.05) is 39.8 Å². The van der Waals surface area contributed by atoms with Gasteiger partial charge in [0.2, 0.25) is 0 Å². The van der Waals surface area contributed by atoms with Gasteiger partial charge >= 0.3 is 5.97 Å². The molecule has 0 aromatic heterocycles. The van der Waals surface area contributed by atoms with Gasteiger partial charge in [-0.1, -0.05) is 44.6 Å². The normalized spacial score (nSPS) is 29.1. The molecule has 0 heterocycles. The number of rotatable bonds is 10. The van der Waals surface area contributed by atoms with E-state index in [9.17, 15) is 15.0 Å². The third-order valence-electron chi connectivity index (χ3n) is 6.42. The van der Waals surface area contributed by atoms with Crippen molar-refractivity contribution in [2.45, 2.75) is 84.8 Å². The van der Waals surface area contributed by atoms with Crippen molar-refractivity contribution in [3.63, 3.8) is 0 Å². The van der Waals surface area contributed by atoms with Crippen molar-refractivity contribution < 1.29 is 19.7 Å². The Hall–Kier alpha value is -1.57. The van der Waals surface area contributed by atoms with Crippen LogP contribution in [0.5, 0.6) is 0 Å². The van der Waals surface area contributed by atoms with Crippen LogP contribution in [0, 0.1) is 41.4 Å². The molecule has 0 aliphatic heterocycles. The van der Waals surface area contributed by atoms with Gasteiger partial charge in [-0.2, -0.15) is 0 Å². The molecule has 0 aromatic carbocycles. The largest absolute Gasteiger partial charge is 0.465 e. The highest BCUT2D eigenvalue weighted by molar-refractivity contribution is 5.69. The fraction of sp³-hybridized carbons (Fsp3) is 0.731. The fourth-order valence-electron chi connectivity index (χ4n) is 4.64. The number of ether oxygens (including phenoxy) is 1. The van der Waals surface area contributed by atoms with E-state index in [0.717, 1.165) is 32.1 Å². The number of aliphatic hydroxyl groups is 2. The second-order valence-corrected chi connectivity index (χ2v) is 9.53. The smallest absolute Gasteiger partial charge is 0.305 e. The molecule has 2 rings (SSSR count). The number of allylic oxidation sites excluding steroid dienone is 2. The maximum Gasteiger partial charge on any atom is 0.305 e. The van der Waals surface area contributed by atoms with Crippen LogP contribution in [0.25, 0.3) is 0 Å². The fourth-order valence-corrected chi connectivity index (χ4v) is 4.64. The molecule has 2 aliphatic carbocycles. The van der Waals surface area contributed by atoms with E-state index < -0.39 is 6.10 Å². The lowest BCUT2D eigenvalue weighted by Gasteiger charge is -2.19. The highest BCUT2D eigenvalue weighted by Gasteiger charge is 2.44. The maximum absolute atomic E-state index is 11.7. The van der Waals surface area contributed by atoms with Gasteiger partial charge in [0.1, 0.15) is 0 Å². The van der Waals surface area contributed by atoms with E-state index in [1.165, 1.54) is 5.57 Å². The number of carbonyl (C=O) groups is 1. The van der Waals surface area contributed by atoms with Crippen molar-refractivity contribution in [1.29, 1.82) is 0 Å². The summed E-state index contributed by atoms with van der Waals surface area (Å²) in [5.74, 6) is 7.36. The van der Waals surface area contributed by atoms with Crippen molar-refractivity contribution in [2.75, 3.05) is 6.61 Å². The van der Waals surface area contributed by atoms with Crippen LogP contribution in [0.2, 0.25) is 0 Å². The van der Waals surface area contributed by atoms with E-state index in [2.05, 4.69) is 17.9 Å². The summed E-state index contributed by atoms with van der Waals surface area (Å²) in [5.41, 5.74) is 1.46. The van der Waals surface area contributed by atoms with E-state index in [4.69, 9.17) is 4.74 Å². The third kappa shape index (κ3) is 7.60. The first-order chi connectivity index (χ1) is 14.3. The topological polar surface area (TPSA) is 66.8 Å². The molecule has 0 bridgehead atoms. The minimum absolute atomic E-state index is 0.0919. The lowest BCUT2D eigenvalue weighted by Crippen LogP contribution is -2.19. The van der Waals surface area contributed by atoms with Crippen LogP contribution in [0.3, 0.4) is 0 Å². The Morgan fingerprint density at radius 3 is 2.77 bits per heavy atom. The number of esters is 1. The van der Waals surface area contributed by atoms with Gasteiger partial charge < -0.3 is 14.9 Å². The molecule has 0 radical (unpaired) electrons. The van der Waals surface area contributed by atoms with Gasteiger partial charge in [0.15, 0.2) is 0 Å². The summed E-state index contributed by atoms with van der Waals surface area (Å²) in [6, 6.07) is 0. The first-order valence-electron chi connectivity index (χ1n) is 11.6. The molecule has 0 amide bonds. The first kappa shape index (κ1) is 24.7. The zero-order chi connectivity index (χ0) is 22.1. The third-order valence-corrected chi connectivity index (χ3v) is 6.42. The van der Waals surface area contributed by atoms with E-state index in [0.29, 0.717) is 37.2 Å². The van der Waals surface area contributed by atoms with Crippen molar-refractivity contribution in [3.05, 3.63) is 23.8 Å². The monoisotopic (exact) mass is 416 g/mol. The van der Waals surface area contributed by atoms with Crippen LogP contribution < -0.4 is 0 Å². The lowest BCUT2D eigenvalue weighted by atomic mass is 9.89. The molecule has 1 unspecified atom stereocenters. The van der Waals surface area contributed by atoms with Gasteiger partial charge in [0, 0.05) is 18.8 Å². The summed E-state index contributed by atoms with van der Waals surface area (Å²) in [7, 11) is 0. The standard InChI is InChI=1S/C26H40O4/c1-5-6-9-19(4)24(27)13-12-22-23-15-20(14-21(23)16-25(22)28)10-7-8-11-26(29)30-17-18(2)3/h10,12-13,18-19,21-25,27-28H,7-9,11,14-17H2,1-4H3/b13-12+,20-10-/t19?,21-,22+,23-,24+,25+/m0/s1. The van der Waals surface area contributed by atoms with Gasteiger partial charge in [-0.05, 0) is 62.7 Å². The molecule has 4 nitrogen and oxygen atoms in total. The minimum Gasteiger partial charge on any atom is -0.465 e.